The fraction of sp³-hybridized carbons (Fsp3) is 0.632. The van der Waals surface area contributed by atoms with Crippen molar-refractivity contribution >= 4 is 21.8 Å². The lowest BCUT2D eigenvalue weighted by Gasteiger charge is -2.37. The van der Waals surface area contributed by atoms with Crippen LogP contribution in [-0.4, -0.2) is 41.9 Å². The lowest BCUT2D eigenvalue weighted by atomic mass is 9.92. The fourth-order valence-corrected chi connectivity index (χ4v) is 4.10. The number of hydrogen-bond donors (Lipinski definition) is 0. The van der Waals surface area contributed by atoms with E-state index < -0.39 is 0 Å². The minimum Gasteiger partial charge on any atom is -0.342 e. The topological polar surface area (TPSA) is 23.6 Å². The lowest BCUT2D eigenvalue weighted by Crippen LogP contribution is -2.45. The van der Waals surface area contributed by atoms with Gasteiger partial charge >= 0.3 is 0 Å². The van der Waals surface area contributed by atoms with Crippen LogP contribution in [0.4, 0.5) is 0 Å². The van der Waals surface area contributed by atoms with Crippen molar-refractivity contribution in [2.24, 2.45) is 11.8 Å². The van der Waals surface area contributed by atoms with Crippen molar-refractivity contribution in [3.63, 3.8) is 0 Å². The van der Waals surface area contributed by atoms with Gasteiger partial charge in [0.1, 0.15) is 0 Å². The number of hydrogen-bond acceptors (Lipinski definition) is 2. The highest BCUT2D eigenvalue weighted by molar-refractivity contribution is 9.10. The Kier molecular flexibility index (Phi) is 5.76. The summed E-state index contributed by atoms with van der Waals surface area (Å²) < 4.78 is 1.13. The van der Waals surface area contributed by atoms with Crippen molar-refractivity contribution in [1.82, 2.24) is 9.80 Å². The van der Waals surface area contributed by atoms with Crippen LogP contribution in [0.1, 0.15) is 38.2 Å². The summed E-state index contributed by atoms with van der Waals surface area (Å²) in [6.45, 7) is 7.28. The van der Waals surface area contributed by atoms with Gasteiger partial charge in [0.05, 0.1) is 0 Å². The summed E-state index contributed by atoms with van der Waals surface area (Å²) in [6.07, 6.45) is 4.48. The summed E-state index contributed by atoms with van der Waals surface area (Å²) in [5.74, 6) is 1.34. The summed E-state index contributed by atoms with van der Waals surface area (Å²) in [4.78, 5) is 17.3. The molecule has 3 nitrogen and oxygen atoms in total. The van der Waals surface area contributed by atoms with E-state index in [1.807, 2.05) is 0 Å². The quantitative estimate of drug-likeness (QED) is 0.795. The van der Waals surface area contributed by atoms with Crippen molar-refractivity contribution < 1.29 is 4.79 Å². The molecule has 0 bridgehead atoms. The molecule has 0 aromatic heterocycles. The molecule has 0 spiro atoms. The number of nitrogens with zero attached hydrogens (tertiary/aromatic N) is 2. The molecule has 3 rings (SSSR count). The van der Waals surface area contributed by atoms with Gasteiger partial charge in [-0.05, 0) is 62.4 Å². The van der Waals surface area contributed by atoms with Crippen LogP contribution in [0.3, 0.4) is 0 Å². The average molecular weight is 379 g/mol. The van der Waals surface area contributed by atoms with Gasteiger partial charge in [0, 0.05) is 30.0 Å². The van der Waals surface area contributed by atoms with Crippen molar-refractivity contribution in [3.8, 4) is 0 Å². The molecule has 0 aliphatic carbocycles. The summed E-state index contributed by atoms with van der Waals surface area (Å²) in [5.41, 5.74) is 1.35. The normalized spacial score (nSPS) is 23.9. The van der Waals surface area contributed by atoms with E-state index in [1.165, 1.54) is 18.4 Å². The Bertz CT molecular complexity index is 523. The number of amides is 1. The Morgan fingerprint density at radius 1 is 1.13 bits per heavy atom. The third-order valence-corrected chi connectivity index (χ3v) is 5.75. The molecule has 1 atom stereocenters. The second-order valence-corrected chi connectivity index (χ2v) is 8.12. The molecule has 0 radical (unpaired) electrons. The Labute approximate surface area is 148 Å². The molecule has 0 saturated carbocycles. The highest BCUT2D eigenvalue weighted by atomic mass is 79.9. The predicted molar refractivity (Wildman–Crippen MR) is 97.1 cm³/mol. The zero-order valence-electron chi connectivity index (χ0n) is 14.0. The number of piperidine rings is 2. The maximum atomic E-state index is 12.7. The third kappa shape index (κ3) is 4.57. The average Bonchev–Trinajstić information content (AvgIpc) is 2.57. The Morgan fingerprint density at radius 3 is 2.48 bits per heavy atom. The number of carbonyl (C=O) groups is 1. The molecule has 1 unspecified atom stereocenters. The molecule has 1 aromatic carbocycles. The van der Waals surface area contributed by atoms with Gasteiger partial charge in [-0.15, -0.1) is 0 Å². The van der Waals surface area contributed by atoms with Crippen LogP contribution in [0.2, 0.25) is 0 Å². The number of halogens is 1. The summed E-state index contributed by atoms with van der Waals surface area (Å²) in [5, 5.41) is 0. The molecule has 4 heteroatoms. The van der Waals surface area contributed by atoms with Crippen LogP contribution in [-0.2, 0) is 11.3 Å². The minimum absolute atomic E-state index is 0.251. The molecule has 1 amide bonds. The molecule has 2 aliphatic rings. The zero-order valence-corrected chi connectivity index (χ0v) is 15.6. The first-order valence-electron chi connectivity index (χ1n) is 8.87. The molecule has 126 valence electrons. The predicted octanol–water partition coefficient (Wildman–Crippen LogP) is 3.92. The summed E-state index contributed by atoms with van der Waals surface area (Å²) >= 11 is 3.48. The molecular weight excluding hydrogens is 352 g/mol. The molecular formula is C19H27BrN2O. The van der Waals surface area contributed by atoms with Crippen LogP contribution < -0.4 is 0 Å². The highest BCUT2D eigenvalue weighted by Crippen LogP contribution is 2.24. The van der Waals surface area contributed by atoms with E-state index in [4.69, 9.17) is 0 Å². The van der Waals surface area contributed by atoms with E-state index in [2.05, 4.69) is 56.9 Å². The standard InChI is InChI=1S/C19H27BrN2O/c1-15-3-2-10-22(13-15)19(23)17-8-11-21(12-9-17)14-16-4-6-18(20)7-5-16/h4-7,15,17H,2-3,8-14H2,1H3. The summed E-state index contributed by atoms with van der Waals surface area (Å²) in [7, 11) is 0. The van der Waals surface area contributed by atoms with Crippen LogP contribution in [0.5, 0.6) is 0 Å². The van der Waals surface area contributed by atoms with Gasteiger partial charge in [-0.2, -0.15) is 0 Å². The van der Waals surface area contributed by atoms with Crippen molar-refractivity contribution in [1.29, 1.82) is 0 Å². The molecule has 23 heavy (non-hydrogen) atoms. The molecule has 0 N–H and O–H groups in total. The zero-order chi connectivity index (χ0) is 16.2. The molecule has 2 fully saturated rings. The van der Waals surface area contributed by atoms with Crippen LogP contribution in [0.15, 0.2) is 28.7 Å². The Balaban J connectivity index is 1.48. The number of carbonyl (C=O) groups excluding carboxylic acids is 1. The maximum absolute atomic E-state index is 12.7. The Hall–Kier alpha value is -0.870. The largest absolute Gasteiger partial charge is 0.342 e. The monoisotopic (exact) mass is 378 g/mol. The van der Waals surface area contributed by atoms with Crippen molar-refractivity contribution in [2.75, 3.05) is 26.2 Å². The van der Waals surface area contributed by atoms with Gasteiger partial charge in [-0.1, -0.05) is 35.0 Å². The number of rotatable bonds is 3. The second kappa shape index (κ2) is 7.80. The van der Waals surface area contributed by atoms with Gasteiger partial charge < -0.3 is 4.90 Å². The highest BCUT2D eigenvalue weighted by Gasteiger charge is 2.30. The van der Waals surface area contributed by atoms with E-state index >= 15 is 0 Å². The van der Waals surface area contributed by atoms with Crippen LogP contribution >= 0.6 is 15.9 Å². The second-order valence-electron chi connectivity index (χ2n) is 7.21. The minimum atomic E-state index is 0.251. The first kappa shape index (κ1) is 17.0. The smallest absolute Gasteiger partial charge is 0.225 e. The Morgan fingerprint density at radius 2 is 1.83 bits per heavy atom. The SMILES string of the molecule is CC1CCCN(C(=O)C2CCN(Cc3ccc(Br)cc3)CC2)C1. The van der Waals surface area contributed by atoms with Crippen LogP contribution in [0, 0.1) is 11.8 Å². The van der Waals surface area contributed by atoms with E-state index in [1.54, 1.807) is 0 Å². The fourth-order valence-electron chi connectivity index (χ4n) is 3.83. The molecule has 2 aliphatic heterocycles. The van der Waals surface area contributed by atoms with E-state index in [-0.39, 0.29) is 5.92 Å². The van der Waals surface area contributed by atoms with E-state index in [0.29, 0.717) is 11.8 Å². The molecule has 2 saturated heterocycles. The lowest BCUT2D eigenvalue weighted by molar-refractivity contribution is -0.138. The first-order chi connectivity index (χ1) is 11.1. The van der Waals surface area contributed by atoms with Gasteiger partial charge in [0.25, 0.3) is 0 Å². The van der Waals surface area contributed by atoms with E-state index in [9.17, 15) is 4.79 Å². The van der Waals surface area contributed by atoms with Gasteiger partial charge in [0.2, 0.25) is 5.91 Å². The third-order valence-electron chi connectivity index (χ3n) is 5.22. The van der Waals surface area contributed by atoms with Crippen molar-refractivity contribution in [2.45, 2.75) is 39.2 Å². The molecule has 1 aromatic rings. The first-order valence-corrected chi connectivity index (χ1v) is 9.66. The maximum Gasteiger partial charge on any atom is 0.225 e. The van der Waals surface area contributed by atoms with E-state index in [0.717, 1.165) is 50.0 Å². The van der Waals surface area contributed by atoms with Gasteiger partial charge in [-0.25, -0.2) is 0 Å². The van der Waals surface area contributed by atoms with Gasteiger partial charge in [0.15, 0.2) is 0 Å². The number of benzene rings is 1. The number of likely N-dealkylation sites (tertiary alicyclic amines) is 2. The van der Waals surface area contributed by atoms with Gasteiger partial charge in [-0.3, -0.25) is 9.69 Å². The summed E-state index contributed by atoms with van der Waals surface area (Å²) in [6, 6.07) is 8.55. The van der Waals surface area contributed by atoms with Crippen molar-refractivity contribution in [3.05, 3.63) is 34.3 Å². The van der Waals surface area contributed by atoms with Crippen LogP contribution in [0.25, 0.3) is 0 Å². The molecule has 2 heterocycles.